The molecule has 0 spiro atoms. The highest BCUT2D eigenvalue weighted by atomic mass is 35.5. The molecule has 154 valence electrons. The largest absolute Gasteiger partial charge is 0.383 e. The zero-order valence-corrected chi connectivity index (χ0v) is 17.7. The first-order chi connectivity index (χ1) is 15.2. The van der Waals surface area contributed by atoms with Crippen molar-refractivity contribution in [1.82, 2.24) is 29.3 Å². The molecular formula is C23H20ClN7. The molecule has 7 nitrogen and oxygen atoms in total. The molecule has 5 aromatic rings. The Balaban J connectivity index is 1.76. The van der Waals surface area contributed by atoms with Crippen LogP contribution in [0.25, 0.3) is 39.5 Å². The molecule has 31 heavy (non-hydrogen) atoms. The molecule has 0 saturated heterocycles. The number of halogens is 1. The smallest absolute Gasteiger partial charge is 0.165 e. The van der Waals surface area contributed by atoms with Gasteiger partial charge in [0, 0.05) is 36.1 Å². The highest BCUT2D eigenvalue weighted by molar-refractivity contribution is 6.17. The van der Waals surface area contributed by atoms with Crippen LogP contribution < -0.4 is 5.73 Å². The Kier molecular flexibility index (Phi) is 4.88. The normalized spacial score (nSPS) is 11.3. The van der Waals surface area contributed by atoms with E-state index in [2.05, 4.69) is 17.0 Å². The minimum atomic E-state index is 0.417. The predicted octanol–water partition coefficient (Wildman–Crippen LogP) is 4.69. The van der Waals surface area contributed by atoms with Gasteiger partial charge in [0.05, 0.1) is 17.5 Å². The third-order valence-corrected chi connectivity index (χ3v) is 5.49. The summed E-state index contributed by atoms with van der Waals surface area (Å²) in [5, 5.41) is 4.37. The zero-order chi connectivity index (χ0) is 21.4. The van der Waals surface area contributed by atoms with Gasteiger partial charge in [-0.05, 0) is 48.9 Å². The number of alkyl halides is 1. The number of nitrogens with two attached hydrogens (primary N) is 1. The molecule has 4 heterocycles. The molecule has 0 amide bonds. The van der Waals surface area contributed by atoms with Gasteiger partial charge in [0.25, 0.3) is 0 Å². The van der Waals surface area contributed by atoms with Gasteiger partial charge in [-0.25, -0.2) is 15.0 Å². The highest BCUT2D eigenvalue weighted by Gasteiger charge is 2.19. The lowest BCUT2D eigenvalue weighted by atomic mass is 10.2. The Morgan fingerprint density at radius 2 is 1.87 bits per heavy atom. The number of hydrogen-bond acceptors (Lipinski definition) is 5. The molecule has 1 aromatic carbocycles. The van der Waals surface area contributed by atoms with Crippen LogP contribution in [0.1, 0.15) is 12.5 Å². The number of hydrogen-bond donors (Lipinski definition) is 1. The molecule has 2 N–H and O–H groups in total. The lowest BCUT2D eigenvalue weighted by Crippen LogP contribution is -2.02. The second kappa shape index (κ2) is 7.85. The Labute approximate surface area is 184 Å². The maximum absolute atomic E-state index is 6.19. The van der Waals surface area contributed by atoms with Gasteiger partial charge in [-0.1, -0.05) is 12.1 Å². The van der Waals surface area contributed by atoms with E-state index in [0.29, 0.717) is 17.5 Å². The van der Waals surface area contributed by atoms with Crippen LogP contribution >= 0.6 is 11.6 Å². The van der Waals surface area contributed by atoms with Gasteiger partial charge < -0.3 is 5.73 Å². The fourth-order valence-electron chi connectivity index (χ4n) is 3.55. The summed E-state index contributed by atoms with van der Waals surface area (Å²) in [7, 11) is 0. The number of benzene rings is 1. The molecular weight excluding hydrogens is 410 g/mol. The van der Waals surface area contributed by atoms with Crippen LogP contribution in [0.15, 0.2) is 67.1 Å². The van der Waals surface area contributed by atoms with Gasteiger partial charge in [-0.15, -0.1) is 11.6 Å². The van der Waals surface area contributed by atoms with Gasteiger partial charge in [-0.3, -0.25) is 9.25 Å². The average Bonchev–Trinajstić information content (AvgIpc) is 3.44. The maximum atomic E-state index is 6.19. The van der Waals surface area contributed by atoms with E-state index in [-0.39, 0.29) is 0 Å². The van der Waals surface area contributed by atoms with Crippen molar-refractivity contribution in [3.63, 3.8) is 0 Å². The van der Waals surface area contributed by atoms with E-state index in [1.807, 2.05) is 70.2 Å². The fourth-order valence-corrected chi connectivity index (χ4v) is 3.73. The molecule has 0 atom stereocenters. The average molecular weight is 430 g/mol. The zero-order valence-electron chi connectivity index (χ0n) is 16.9. The van der Waals surface area contributed by atoms with Gasteiger partial charge in [0.15, 0.2) is 11.5 Å². The Morgan fingerprint density at radius 1 is 1.03 bits per heavy atom. The summed E-state index contributed by atoms with van der Waals surface area (Å²) >= 11 is 5.99. The second-order valence-electron chi connectivity index (χ2n) is 7.13. The topological polar surface area (TPSA) is 87.4 Å². The summed E-state index contributed by atoms with van der Waals surface area (Å²) in [6.45, 7) is 2.86. The van der Waals surface area contributed by atoms with Crippen LogP contribution in [0, 0.1) is 0 Å². The van der Waals surface area contributed by atoms with Gasteiger partial charge in [-0.2, -0.15) is 5.10 Å². The number of fused-ring (bicyclic) bond motifs is 1. The van der Waals surface area contributed by atoms with Crippen LogP contribution in [0.5, 0.6) is 0 Å². The number of anilines is 1. The van der Waals surface area contributed by atoms with Gasteiger partial charge in [0.1, 0.15) is 11.3 Å². The summed E-state index contributed by atoms with van der Waals surface area (Å²) in [4.78, 5) is 14.0. The van der Waals surface area contributed by atoms with Gasteiger partial charge >= 0.3 is 0 Å². The Bertz CT molecular complexity index is 1370. The molecule has 0 saturated carbocycles. The highest BCUT2D eigenvalue weighted by Crippen LogP contribution is 2.31. The monoisotopic (exact) mass is 429 g/mol. The molecule has 5 rings (SSSR count). The van der Waals surface area contributed by atoms with E-state index in [9.17, 15) is 0 Å². The first-order valence-electron chi connectivity index (χ1n) is 9.96. The van der Waals surface area contributed by atoms with Crippen LogP contribution in [0.4, 0.5) is 5.82 Å². The maximum Gasteiger partial charge on any atom is 0.165 e. The first-order valence-corrected chi connectivity index (χ1v) is 10.5. The number of nitrogen functional groups attached to an aromatic ring is 1. The minimum absolute atomic E-state index is 0.417. The molecule has 0 fully saturated rings. The second-order valence-corrected chi connectivity index (χ2v) is 7.40. The summed E-state index contributed by atoms with van der Waals surface area (Å²) in [5.41, 5.74) is 12.2. The molecule has 0 bridgehead atoms. The van der Waals surface area contributed by atoms with Crippen molar-refractivity contribution in [2.75, 3.05) is 5.73 Å². The molecule has 0 unspecified atom stereocenters. The summed E-state index contributed by atoms with van der Waals surface area (Å²) < 4.78 is 3.89. The Hall–Kier alpha value is -3.71. The standard InChI is InChI=1S/C23H20ClN7/c1-2-30-14-16(13-27-30)19-9-10-20-23(28-19)31(17-7-5-15(12-24)6-8-17)22(29-20)18-4-3-11-26-21(18)25/h3-11,13-14H,2,12H2,1H3,(H2,25,26). The molecule has 0 radical (unpaired) electrons. The quantitative estimate of drug-likeness (QED) is 0.409. The van der Waals surface area contributed by atoms with Crippen LogP contribution in [0.2, 0.25) is 0 Å². The van der Waals surface area contributed by atoms with E-state index in [4.69, 9.17) is 27.3 Å². The first kappa shape index (κ1) is 19.3. The van der Waals surface area contributed by atoms with Crippen molar-refractivity contribution in [1.29, 1.82) is 0 Å². The number of imidazole rings is 1. The summed E-state index contributed by atoms with van der Waals surface area (Å²) in [6.07, 6.45) is 5.49. The van der Waals surface area contributed by atoms with E-state index >= 15 is 0 Å². The molecule has 0 aliphatic rings. The van der Waals surface area contributed by atoms with Crippen LogP contribution in [-0.2, 0) is 12.4 Å². The number of aromatic nitrogens is 6. The van der Waals surface area contributed by atoms with E-state index in [0.717, 1.165) is 45.8 Å². The molecule has 8 heteroatoms. The fraction of sp³-hybridized carbons (Fsp3) is 0.130. The molecule has 4 aromatic heterocycles. The van der Waals surface area contributed by atoms with E-state index < -0.39 is 0 Å². The lowest BCUT2D eigenvalue weighted by Gasteiger charge is -2.11. The van der Waals surface area contributed by atoms with Crippen molar-refractivity contribution in [3.05, 3.63) is 72.7 Å². The predicted molar refractivity (Wildman–Crippen MR) is 123 cm³/mol. The third-order valence-electron chi connectivity index (χ3n) is 5.19. The van der Waals surface area contributed by atoms with E-state index in [1.54, 1.807) is 6.20 Å². The number of rotatable bonds is 5. The van der Waals surface area contributed by atoms with Crippen molar-refractivity contribution in [2.24, 2.45) is 0 Å². The molecule has 0 aliphatic heterocycles. The minimum Gasteiger partial charge on any atom is -0.383 e. The van der Waals surface area contributed by atoms with Crippen LogP contribution in [0.3, 0.4) is 0 Å². The third kappa shape index (κ3) is 3.43. The van der Waals surface area contributed by atoms with Crippen molar-refractivity contribution in [2.45, 2.75) is 19.3 Å². The molecule has 0 aliphatic carbocycles. The number of pyridine rings is 2. The van der Waals surface area contributed by atoms with Crippen molar-refractivity contribution < 1.29 is 0 Å². The lowest BCUT2D eigenvalue weighted by molar-refractivity contribution is 0.660. The number of nitrogens with zero attached hydrogens (tertiary/aromatic N) is 6. The van der Waals surface area contributed by atoms with Crippen LogP contribution in [-0.4, -0.2) is 29.3 Å². The van der Waals surface area contributed by atoms with Crippen molar-refractivity contribution >= 4 is 28.6 Å². The van der Waals surface area contributed by atoms with Crippen molar-refractivity contribution in [3.8, 4) is 28.3 Å². The summed E-state index contributed by atoms with van der Waals surface area (Å²) in [5.74, 6) is 1.56. The number of aryl methyl sites for hydroxylation is 1. The Morgan fingerprint density at radius 3 is 2.58 bits per heavy atom. The van der Waals surface area contributed by atoms with Gasteiger partial charge in [0.2, 0.25) is 0 Å². The summed E-state index contributed by atoms with van der Waals surface area (Å²) in [6, 6.07) is 15.7. The SMILES string of the molecule is CCn1cc(-c2ccc3nc(-c4cccnc4N)n(-c4ccc(CCl)cc4)c3n2)cn1. The van der Waals surface area contributed by atoms with E-state index in [1.165, 1.54) is 0 Å².